The lowest BCUT2D eigenvalue weighted by atomic mass is 10.1. The van der Waals surface area contributed by atoms with Crippen molar-refractivity contribution in [3.05, 3.63) is 77.7 Å². The predicted octanol–water partition coefficient (Wildman–Crippen LogP) is 6.98. The fourth-order valence-corrected chi connectivity index (χ4v) is 3.15. The van der Waals surface area contributed by atoms with Crippen molar-refractivity contribution in [3.63, 3.8) is 0 Å². The lowest BCUT2D eigenvalue weighted by Gasteiger charge is -2.09. The topological polar surface area (TPSA) is 77.1 Å². The van der Waals surface area contributed by atoms with Crippen molar-refractivity contribution in [2.75, 3.05) is 14.1 Å². The van der Waals surface area contributed by atoms with Crippen molar-refractivity contribution in [3.8, 4) is 22.8 Å². The van der Waals surface area contributed by atoms with Gasteiger partial charge in [-0.1, -0.05) is 80.6 Å². The lowest BCUT2D eigenvalue weighted by Crippen LogP contribution is -2.23. The third-order valence-electron chi connectivity index (χ3n) is 5.26. The fraction of sp³-hybridized carbons (Fsp3) is 0.379. The number of hydrogen-bond donors (Lipinski definition) is 0. The molecule has 3 rings (SSSR count). The molecular formula is C29H38F3N5O2. The second-order valence-corrected chi connectivity index (χ2v) is 8.64. The van der Waals surface area contributed by atoms with E-state index in [2.05, 4.69) is 28.7 Å². The zero-order valence-electron chi connectivity index (χ0n) is 23.9. The Hall–Kier alpha value is -3.95. The van der Waals surface area contributed by atoms with Crippen LogP contribution < -0.4 is 0 Å². The highest BCUT2D eigenvalue weighted by molar-refractivity contribution is 5.78. The summed E-state index contributed by atoms with van der Waals surface area (Å²) in [5.41, 5.74) is 3.80. The number of rotatable bonds is 7. The number of allylic oxidation sites excluding steroid dienone is 5. The summed E-state index contributed by atoms with van der Waals surface area (Å²) in [6.07, 6.45) is 1.88. The highest BCUT2D eigenvalue weighted by Crippen LogP contribution is 2.27. The maximum atomic E-state index is 12.0. The molecule has 0 bridgehead atoms. The van der Waals surface area contributed by atoms with Crippen LogP contribution in [0, 0.1) is 0 Å². The maximum Gasteiger partial charge on any atom is 0.416 e. The first-order valence-electron chi connectivity index (χ1n) is 12.6. The molecule has 39 heavy (non-hydrogen) atoms. The summed E-state index contributed by atoms with van der Waals surface area (Å²) in [7, 11) is 5.40. The van der Waals surface area contributed by atoms with Crippen LogP contribution >= 0.6 is 0 Å². The largest absolute Gasteiger partial charge is 0.416 e. The molecule has 0 aliphatic rings. The SMILES string of the molecule is C=C/C(=C\C=C(C)C)C(F)(F)F.CC.CCc1c(-c2nc(-c3ccc(CC(=O)N(C)C)cc3)no2)cnn1C. The van der Waals surface area contributed by atoms with Crippen LogP contribution in [0.4, 0.5) is 13.2 Å². The molecule has 0 aliphatic carbocycles. The Kier molecular flexibility index (Phi) is 13.1. The molecule has 1 amide bonds. The number of carbonyl (C=O) groups is 1. The van der Waals surface area contributed by atoms with Crippen molar-refractivity contribution in [1.82, 2.24) is 24.8 Å². The Bertz CT molecular complexity index is 1260. The normalized spacial score (nSPS) is 11.0. The van der Waals surface area contributed by atoms with E-state index >= 15 is 0 Å². The molecule has 0 saturated carbocycles. The summed E-state index contributed by atoms with van der Waals surface area (Å²) in [5, 5.41) is 8.32. The molecular weight excluding hydrogens is 507 g/mol. The minimum Gasteiger partial charge on any atom is -0.349 e. The number of aryl methyl sites for hydroxylation is 1. The molecule has 2 heterocycles. The highest BCUT2D eigenvalue weighted by atomic mass is 19.4. The third kappa shape index (κ3) is 10.0. The number of aromatic nitrogens is 4. The molecule has 212 valence electrons. The van der Waals surface area contributed by atoms with Gasteiger partial charge >= 0.3 is 6.18 Å². The van der Waals surface area contributed by atoms with Gasteiger partial charge in [0.1, 0.15) is 0 Å². The molecule has 0 radical (unpaired) electrons. The second kappa shape index (κ2) is 15.5. The molecule has 0 aliphatic heterocycles. The monoisotopic (exact) mass is 545 g/mol. The Labute approximate surface area is 228 Å². The van der Waals surface area contributed by atoms with Crippen LogP contribution in [-0.4, -0.2) is 51.0 Å². The number of alkyl halides is 3. The summed E-state index contributed by atoms with van der Waals surface area (Å²) >= 11 is 0. The number of halogens is 3. The van der Waals surface area contributed by atoms with Crippen LogP contribution in [0.3, 0.4) is 0 Å². The lowest BCUT2D eigenvalue weighted by molar-refractivity contribution is -0.127. The average molecular weight is 546 g/mol. The van der Waals surface area contributed by atoms with Crippen molar-refractivity contribution in [2.45, 2.75) is 53.6 Å². The molecule has 7 nitrogen and oxygen atoms in total. The number of nitrogens with zero attached hydrogens (tertiary/aromatic N) is 5. The molecule has 0 atom stereocenters. The van der Waals surface area contributed by atoms with E-state index in [-0.39, 0.29) is 5.91 Å². The number of likely N-dealkylation sites (N-methyl/N-ethyl adjacent to an activating group) is 1. The van der Waals surface area contributed by atoms with E-state index in [1.807, 2.05) is 49.8 Å². The van der Waals surface area contributed by atoms with Gasteiger partial charge in [-0.05, 0) is 25.8 Å². The van der Waals surface area contributed by atoms with Crippen LogP contribution in [0.2, 0.25) is 0 Å². The van der Waals surface area contributed by atoms with Gasteiger partial charge in [-0.25, -0.2) is 0 Å². The molecule has 1 aromatic carbocycles. The first kappa shape index (κ1) is 33.1. The van der Waals surface area contributed by atoms with Gasteiger partial charge in [0.2, 0.25) is 11.7 Å². The van der Waals surface area contributed by atoms with Gasteiger partial charge in [0.05, 0.1) is 29.4 Å². The van der Waals surface area contributed by atoms with Crippen molar-refractivity contribution in [2.24, 2.45) is 7.05 Å². The zero-order chi connectivity index (χ0) is 29.8. The summed E-state index contributed by atoms with van der Waals surface area (Å²) in [6.45, 7) is 12.6. The Morgan fingerprint density at radius 1 is 1.13 bits per heavy atom. The molecule has 0 spiro atoms. The third-order valence-corrected chi connectivity index (χ3v) is 5.26. The van der Waals surface area contributed by atoms with Crippen LogP contribution in [0.1, 0.15) is 45.9 Å². The molecule has 0 N–H and O–H groups in total. The van der Waals surface area contributed by atoms with E-state index in [9.17, 15) is 18.0 Å². The van der Waals surface area contributed by atoms with Crippen LogP contribution in [0.15, 0.2) is 70.9 Å². The van der Waals surface area contributed by atoms with E-state index in [4.69, 9.17) is 4.52 Å². The van der Waals surface area contributed by atoms with Crippen LogP contribution in [0.5, 0.6) is 0 Å². The average Bonchev–Trinajstić information content (AvgIpc) is 3.52. The minimum atomic E-state index is -4.30. The van der Waals surface area contributed by atoms with Crippen LogP contribution in [-0.2, 0) is 24.7 Å². The minimum absolute atomic E-state index is 0.0678. The molecule has 3 aromatic rings. The van der Waals surface area contributed by atoms with Crippen molar-refractivity contribution < 1.29 is 22.5 Å². The van der Waals surface area contributed by atoms with E-state index < -0.39 is 11.7 Å². The van der Waals surface area contributed by atoms with Gasteiger partial charge in [-0.2, -0.15) is 23.3 Å². The van der Waals surface area contributed by atoms with Gasteiger partial charge in [-0.3, -0.25) is 9.48 Å². The number of benzene rings is 1. The molecule has 0 saturated heterocycles. The van der Waals surface area contributed by atoms with Gasteiger partial charge in [0, 0.05) is 26.7 Å². The van der Waals surface area contributed by atoms with Gasteiger partial charge in [0.25, 0.3) is 5.89 Å². The van der Waals surface area contributed by atoms with Gasteiger partial charge in [0.15, 0.2) is 0 Å². The summed E-state index contributed by atoms with van der Waals surface area (Å²) in [6, 6.07) is 7.62. The van der Waals surface area contributed by atoms with E-state index in [1.54, 1.807) is 39.0 Å². The Balaban J connectivity index is 0.000000461. The van der Waals surface area contributed by atoms with Crippen molar-refractivity contribution >= 4 is 5.91 Å². The molecule has 0 fully saturated rings. The number of hydrogen-bond acceptors (Lipinski definition) is 5. The second-order valence-electron chi connectivity index (χ2n) is 8.64. The summed E-state index contributed by atoms with van der Waals surface area (Å²) in [4.78, 5) is 17.8. The van der Waals surface area contributed by atoms with E-state index in [0.29, 0.717) is 18.1 Å². The number of carbonyl (C=O) groups excluding carboxylic acids is 1. The quantitative estimate of drug-likeness (QED) is 0.299. The predicted molar refractivity (Wildman–Crippen MR) is 149 cm³/mol. The highest BCUT2D eigenvalue weighted by Gasteiger charge is 2.30. The summed E-state index contributed by atoms with van der Waals surface area (Å²) in [5.74, 6) is 1.05. The molecule has 0 unspecified atom stereocenters. The molecule has 2 aromatic heterocycles. The molecule has 10 heteroatoms. The summed E-state index contributed by atoms with van der Waals surface area (Å²) < 4.78 is 43.2. The van der Waals surface area contributed by atoms with Gasteiger partial charge in [-0.15, -0.1) is 0 Å². The first-order valence-corrected chi connectivity index (χ1v) is 12.6. The van der Waals surface area contributed by atoms with Gasteiger partial charge < -0.3 is 9.42 Å². The Morgan fingerprint density at radius 3 is 2.23 bits per heavy atom. The van der Waals surface area contributed by atoms with E-state index in [1.165, 1.54) is 6.08 Å². The zero-order valence-corrected chi connectivity index (χ0v) is 23.9. The maximum absolute atomic E-state index is 12.0. The fourth-order valence-electron chi connectivity index (χ4n) is 3.15. The Morgan fingerprint density at radius 2 is 1.74 bits per heavy atom. The van der Waals surface area contributed by atoms with Crippen LogP contribution in [0.25, 0.3) is 22.8 Å². The smallest absolute Gasteiger partial charge is 0.349 e. The van der Waals surface area contributed by atoms with Crippen molar-refractivity contribution in [1.29, 1.82) is 0 Å². The standard InChI is InChI=1S/C18H21N5O2.C9H11F3.C2H6/c1-5-15-14(11-19-23(15)4)18-20-17(21-25-18)13-8-6-12(7-9-13)10-16(24)22(2)3;1-4-8(9(10,11)12)6-5-7(2)3;1-2/h6-9,11H,5,10H2,1-4H3;4-6H,1H2,2-3H3;1-2H3/b;8-6+;. The van der Waals surface area contributed by atoms with E-state index in [0.717, 1.165) is 46.5 Å². The first-order chi connectivity index (χ1) is 18.4. The number of amides is 1.